The van der Waals surface area contributed by atoms with Crippen molar-refractivity contribution in [1.82, 2.24) is 9.97 Å². The minimum Gasteiger partial charge on any atom is -0.497 e. The zero-order valence-corrected chi connectivity index (χ0v) is 15.2. The van der Waals surface area contributed by atoms with Crippen LogP contribution in [0.5, 0.6) is 5.75 Å². The molecule has 2 aromatic rings. The predicted octanol–water partition coefficient (Wildman–Crippen LogP) is 3.93. The Labute approximate surface area is 144 Å². The van der Waals surface area contributed by atoms with Crippen molar-refractivity contribution in [1.29, 1.82) is 0 Å². The molecule has 0 amide bonds. The van der Waals surface area contributed by atoms with E-state index in [-0.39, 0.29) is 0 Å². The van der Waals surface area contributed by atoms with Gasteiger partial charge in [0.15, 0.2) is 0 Å². The summed E-state index contributed by atoms with van der Waals surface area (Å²) in [6, 6.07) is 5.98. The van der Waals surface area contributed by atoms with Crippen LogP contribution in [0, 0.1) is 23.7 Å². The minimum atomic E-state index is 0.515. The minimum absolute atomic E-state index is 0.515. The molecular weight excluding hydrogens is 298 g/mol. The molecule has 0 spiro atoms. The summed E-state index contributed by atoms with van der Waals surface area (Å²) in [5.41, 5.74) is 9.50. The molecule has 130 valence electrons. The first-order valence-corrected chi connectivity index (χ1v) is 8.92. The lowest BCUT2D eigenvalue weighted by molar-refractivity contribution is 0.230. The van der Waals surface area contributed by atoms with Crippen molar-refractivity contribution in [3.05, 3.63) is 35.7 Å². The largest absolute Gasteiger partial charge is 0.497 e. The van der Waals surface area contributed by atoms with E-state index >= 15 is 0 Å². The van der Waals surface area contributed by atoms with Gasteiger partial charge in [0, 0.05) is 12.5 Å². The van der Waals surface area contributed by atoms with Crippen LogP contribution in [0.25, 0.3) is 11.0 Å². The summed E-state index contributed by atoms with van der Waals surface area (Å²) in [7, 11) is 1.69. The summed E-state index contributed by atoms with van der Waals surface area (Å²) in [5, 5.41) is 0. The van der Waals surface area contributed by atoms with E-state index in [0.717, 1.165) is 35.6 Å². The van der Waals surface area contributed by atoms with Gasteiger partial charge in [-0.15, -0.1) is 0 Å². The molecule has 1 aliphatic rings. The van der Waals surface area contributed by atoms with Crippen LogP contribution in [-0.2, 0) is 6.42 Å². The van der Waals surface area contributed by atoms with E-state index in [4.69, 9.17) is 15.5 Å². The van der Waals surface area contributed by atoms with Crippen LogP contribution in [0.4, 0.5) is 0 Å². The molecule has 0 saturated carbocycles. The highest BCUT2D eigenvalue weighted by Gasteiger charge is 2.31. The summed E-state index contributed by atoms with van der Waals surface area (Å²) < 4.78 is 5.29. The fourth-order valence-electron chi connectivity index (χ4n) is 4.04. The average molecular weight is 327 g/mol. The Kier molecular flexibility index (Phi) is 4.95. The van der Waals surface area contributed by atoms with Crippen LogP contribution in [0.15, 0.2) is 29.8 Å². The van der Waals surface area contributed by atoms with Crippen LogP contribution in [0.1, 0.15) is 33.0 Å². The molecule has 3 rings (SSSR count). The number of aromatic nitrogens is 2. The van der Waals surface area contributed by atoms with Crippen molar-refractivity contribution in [2.24, 2.45) is 29.4 Å². The molecule has 0 radical (unpaired) electrons. The third kappa shape index (κ3) is 3.34. The second-order valence-electron chi connectivity index (χ2n) is 7.42. The van der Waals surface area contributed by atoms with Crippen LogP contribution in [0.2, 0.25) is 0 Å². The molecule has 0 bridgehead atoms. The van der Waals surface area contributed by atoms with E-state index in [2.05, 4.69) is 31.8 Å². The van der Waals surface area contributed by atoms with Gasteiger partial charge in [-0.1, -0.05) is 25.5 Å². The third-order valence-electron chi connectivity index (χ3n) is 5.53. The number of methoxy groups -OCH3 is 1. The standard InChI is InChI=1S/C20H29N3O/c1-12(2)17-8-14(13(3)7-15(17)11-21)9-20-22-18-6-5-16(24-4)10-19(18)23-20/h5-7,10,12,14-15,17H,8-9,11,21H2,1-4H3,(H,22,23). The Morgan fingerprint density at radius 1 is 1.38 bits per heavy atom. The van der Waals surface area contributed by atoms with Crippen LogP contribution in [-0.4, -0.2) is 23.6 Å². The normalized spacial score (nSPS) is 24.4. The SMILES string of the molecule is COc1ccc2nc(CC3CC(C(C)C)C(CN)C=C3C)[nH]c2c1. The Morgan fingerprint density at radius 3 is 2.83 bits per heavy atom. The molecular formula is C20H29N3O. The van der Waals surface area contributed by atoms with E-state index in [1.807, 2.05) is 18.2 Å². The van der Waals surface area contributed by atoms with E-state index < -0.39 is 0 Å². The van der Waals surface area contributed by atoms with Gasteiger partial charge < -0.3 is 15.5 Å². The molecule has 4 heteroatoms. The lowest BCUT2D eigenvalue weighted by atomic mass is 9.70. The first-order chi connectivity index (χ1) is 11.5. The van der Waals surface area contributed by atoms with Gasteiger partial charge >= 0.3 is 0 Å². The average Bonchev–Trinajstić information content (AvgIpc) is 2.97. The quantitative estimate of drug-likeness (QED) is 0.818. The summed E-state index contributed by atoms with van der Waals surface area (Å²) in [6.45, 7) is 7.62. The molecule has 3 atom stereocenters. The third-order valence-corrected chi connectivity index (χ3v) is 5.53. The molecule has 1 aromatic carbocycles. The van der Waals surface area contributed by atoms with Crippen molar-refractivity contribution in [3.63, 3.8) is 0 Å². The summed E-state index contributed by atoms with van der Waals surface area (Å²) in [6.07, 6.45) is 4.56. The Balaban J connectivity index is 1.82. The molecule has 1 aliphatic carbocycles. The fourth-order valence-corrected chi connectivity index (χ4v) is 4.04. The van der Waals surface area contributed by atoms with Gasteiger partial charge in [0.2, 0.25) is 0 Å². The number of ether oxygens (including phenoxy) is 1. The first-order valence-electron chi connectivity index (χ1n) is 8.92. The number of rotatable bonds is 5. The van der Waals surface area contributed by atoms with Crippen molar-refractivity contribution in [2.75, 3.05) is 13.7 Å². The number of nitrogens with two attached hydrogens (primary N) is 1. The maximum Gasteiger partial charge on any atom is 0.121 e. The maximum atomic E-state index is 6.00. The second kappa shape index (κ2) is 6.98. The number of benzene rings is 1. The molecule has 3 N–H and O–H groups in total. The molecule has 1 aromatic heterocycles. The van der Waals surface area contributed by atoms with Gasteiger partial charge in [0.25, 0.3) is 0 Å². The zero-order valence-electron chi connectivity index (χ0n) is 15.2. The topological polar surface area (TPSA) is 63.9 Å². The first kappa shape index (κ1) is 17.0. The summed E-state index contributed by atoms with van der Waals surface area (Å²) in [4.78, 5) is 8.23. The van der Waals surface area contributed by atoms with E-state index in [1.165, 1.54) is 12.0 Å². The van der Waals surface area contributed by atoms with Gasteiger partial charge in [-0.25, -0.2) is 4.98 Å². The van der Waals surface area contributed by atoms with E-state index in [1.54, 1.807) is 7.11 Å². The number of nitrogens with zero attached hydrogens (tertiary/aromatic N) is 1. The molecule has 0 saturated heterocycles. The van der Waals surface area contributed by atoms with Crippen molar-refractivity contribution in [3.8, 4) is 5.75 Å². The van der Waals surface area contributed by atoms with Gasteiger partial charge in [-0.05, 0) is 55.7 Å². The zero-order chi connectivity index (χ0) is 17.3. The van der Waals surface area contributed by atoms with Crippen LogP contribution >= 0.6 is 0 Å². The summed E-state index contributed by atoms with van der Waals surface area (Å²) in [5.74, 6) is 4.30. The smallest absolute Gasteiger partial charge is 0.121 e. The highest BCUT2D eigenvalue weighted by atomic mass is 16.5. The Bertz CT molecular complexity index is 732. The molecule has 24 heavy (non-hydrogen) atoms. The van der Waals surface area contributed by atoms with E-state index in [0.29, 0.717) is 23.7 Å². The highest BCUT2D eigenvalue weighted by Crippen LogP contribution is 2.38. The Morgan fingerprint density at radius 2 is 2.17 bits per heavy atom. The summed E-state index contributed by atoms with van der Waals surface area (Å²) >= 11 is 0. The lowest BCUT2D eigenvalue weighted by Gasteiger charge is -2.36. The molecule has 0 aliphatic heterocycles. The monoisotopic (exact) mass is 327 g/mol. The van der Waals surface area contributed by atoms with Crippen LogP contribution < -0.4 is 10.5 Å². The predicted molar refractivity (Wildman–Crippen MR) is 99.1 cm³/mol. The molecule has 1 heterocycles. The molecule has 0 fully saturated rings. The molecule has 4 nitrogen and oxygen atoms in total. The lowest BCUT2D eigenvalue weighted by Crippen LogP contribution is -2.32. The maximum absolute atomic E-state index is 6.00. The van der Waals surface area contributed by atoms with Crippen molar-refractivity contribution >= 4 is 11.0 Å². The van der Waals surface area contributed by atoms with Crippen LogP contribution in [0.3, 0.4) is 0 Å². The van der Waals surface area contributed by atoms with Gasteiger partial charge in [0.05, 0.1) is 18.1 Å². The number of nitrogens with one attached hydrogen (secondary N) is 1. The fraction of sp³-hybridized carbons (Fsp3) is 0.550. The number of H-pyrrole nitrogens is 1. The number of fused-ring (bicyclic) bond motifs is 1. The Hall–Kier alpha value is -1.81. The van der Waals surface area contributed by atoms with Crippen molar-refractivity contribution < 1.29 is 4.74 Å². The number of imidazole rings is 1. The second-order valence-corrected chi connectivity index (χ2v) is 7.42. The highest BCUT2D eigenvalue weighted by molar-refractivity contribution is 5.76. The number of aromatic amines is 1. The van der Waals surface area contributed by atoms with Gasteiger partial charge in [0.1, 0.15) is 11.6 Å². The number of hydrogen-bond acceptors (Lipinski definition) is 3. The van der Waals surface area contributed by atoms with Gasteiger partial charge in [-0.2, -0.15) is 0 Å². The van der Waals surface area contributed by atoms with Crippen molar-refractivity contribution in [2.45, 2.75) is 33.6 Å². The number of hydrogen-bond donors (Lipinski definition) is 2. The number of allylic oxidation sites excluding steroid dienone is 1. The van der Waals surface area contributed by atoms with E-state index in [9.17, 15) is 0 Å². The molecule has 3 unspecified atom stereocenters. The van der Waals surface area contributed by atoms with Gasteiger partial charge in [-0.3, -0.25) is 0 Å².